The van der Waals surface area contributed by atoms with Gasteiger partial charge in [-0.3, -0.25) is 9.59 Å². The standard InChI is InChI=1S/C28H29F5O3/c1-15(34)16-3-5-17(6-4-16)22-14-19(35)13-18-7-8-20-21(24(18)22)9-11-25(2)23(20)10-12-26(25,36)27(29,30)28(31,32)33/h3-6,13,20,22-23,36H,7-12,14H2,1-2H3/t20-,22+,23+,25+,26+/m1/s1. The topological polar surface area (TPSA) is 54.4 Å². The van der Waals surface area contributed by atoms with Crippen molar-refractivity contribution in [2.75, 3.05) is 0 Å². The Balaban J connectivity index is 1.57. The van der Waals surface area contributed by atoms with Crippen LogP contribution in [0, 0.1) is 17.3 Å². The molecule has 1 aromatic carbocycles. The molecule has 0 unspecified atom stereocenters. The minimum Gasteiger partial charge on any atom is -0.383 e. The van der Waals surface area contributed by atoms with Crippen LogP contribution in [-0.2, 0) is 4.79 Å². The van der Waals surface area contributed by atoms with Crippen LogP contribution in [0.5, 0.6) is 0 Å². The van der Waals surface area contributed by atoms with Gasteiger partial charge in [0.15, 0.2) is 11.6 Å². The Kier molecular flexibility index (Phi) is 5.67. The summed E-state index contributed by atoms with van der Waals surface area (Å²) in [5, 5.41) is 11.0. The molecule has 3 nitrogen and oxygen atoms in total. The van der Waals surface area contributed by atoms with Crippen LogP contribution in [0.1, 0.15) is 80.6 Å². The molecule has 4 aliphatic carbocycles. The Morgan fingerprint density at radius 3 is 2.31 bits per heavy atom. The fourth-order valence-electron chi connectivity index (χ4n) is 7.64. The number of hydrogen-bond acceptors (Lipinski definition) is 3. The van der Waals surface area contributed by atoms with Crippen LogP contribution >= 0.6 is 0 Å². The maximum absolute atomic E-state index is 14.7. The van der Waals surface area contributed by atoms with Crippen LogP contribution in [0.4, 0.5) is 22.0 Å². The molecule has 0 aliphatic heterocycles. The van der Waals surface area contributed by atoms with Gasteiger partial charge in [0, 0.05) is 23.3 Å². The molecule has 2 saturated carbocycles. The number of carbonyl (C=O) groups excluding carboxylic acids is 2. The number of rotatable bonds is 3. The van der Waals surface area contributed by atoms with E-state index in [1.54, 1.807) is 18.2 Å². The predicted octanol–water partition coefficient (Wildman–Crippen LogP) is 6.72. The molecule has 1 aromatic rings. The van der Waals surface area contributed by atoms with Crippen molar-refractivity contribution in [3.05, 3.63) is 58.2 Å². The van der Waals surface area contributed by atoms with E-state index >= 15 is 0 Å². The third-order valence-electron chi connectivity index (χ3n) is 9.53. The van der Waals surface area contributed by atoms with Gasteiger partial charge in [-0.15, -0.1) is 0 Å². The molecule has 0 amide bonds. The van der Waals surface area contributed by atoms with E-state index < -0.39 is 35.5 Å². The molecular weight excluding hydrogens is 479 g/mol. The lowest BCUT2D eigenvalue weighted by atomic mass is 9.53. The number of ketones is 2. The molecule has 0 spiro atoms. The summed E-state index contributed by atoms with van der Waals surface area (Å²) in [7, 11) is 0. The van der Waals surface area contributed by atoms with Gasteiger partial charge >= 0.3 is 12.1 Å². The van der Waals surface area contributed by atoms with Gasteiger partial charge in [0.2, 0.25) is 0 Å². The molecule has 0 heterocycles. The zero-order chi connectivity index (χ0) is 26.3. The van der Waals surface area contributed by atoms with Gasteiger partial charge in [-0.2, -0.15) is 22.0 Å². The summed E-state index contributed by atoms with van der Waals surface area (Å²) in [6.45, 7) is 2.87. The van der Waals surface area contributed by atoms with E-state index in [2.05, 4.69) is 0 Å². The smallest absolute Gasteiger partial charge is 0.383 e. The second-order valence-corrected chi connectivity index (χ2v) is 11.1. The normalized spacial score (nSPS) is 34.6. The first-order valence-corrected chi connectivity index (χ1v) is 12.5. The summed E-state index contributed by atoms with van der Waals surface area (Å²) in [4.78, 5) is 24.3. The quantitative estimate of drug-likeness (QED) is 0.364. The molecule has 0 radical (unpaired) electrons. The van der Waals surface area contributed by atoms with Gasteiger partial charge < -0.3 is 5.11 Å². The lowest BCUT2D eigenvalue weighted by molar-refractivity contribution is -0.362. The van der Waals surface area contributed by atoms with Crippen LogP contribution in [0.25, 0.3) is 0 Å². The molecule has 4 aliphatic rings. The molecular formula is C28H29F5O3. The van der Waals surface area contributed by atoms with E-state index in [9.17, 15) is 36.6 Å². The van der Waals surface area contributed by atoms with Crippen LogP contribution in [0.3, 0.4) is 0 Å². The number of hydrogen-bond donors (Lipinski definition) is 1. The molecule has 0 aromatic heterocycles. The van der Waals surface area contributed by atoms with Crippen LogP contribution in [0.2, 0.25) is 0 Å². The summed E-state index contributed by atoms with van der Waals surface area (Å²) >= 11 is 0. The molecule has 8 heteroatoms. The first kappa shape index (κ1) is 25.3. The van der Waals surface area contributed by atoms with Gasteiger partial charge in [-0.05, 0) is 80.1 Å². The second kappa shape index (κ2) is 8.07. The number of fused-ring (bicyclic) bond motifs is 4. The predicted molar refractivity (Wildman–Crippen MR) is 123 cm³/mol. The van der Waals surface area contributed by atoms with Gasteiger partial charge in [-0.25, -0.2) is 0 Å². The summed E-state index contributed by atoms with van der Waals surface area (Å²) in [6.07, 6.45) is -3.03. The molecule has 5 rings (SSSR count). The summed E-state index contributed by atoms with van der Waals surface area (Å²) < 4.78 is 69.5. The Hall–Kier alpha value is -2.35. The van der Waals surface area contributed by atoms with Crippen LogP contribution < -0.4 is 0 Å². The van der Waals surface area contributed by atoms with Gasteiger partial charge in [0.05, 0.1) is 0 Å². The molecule has 0 bridgehead atoms. The van der Waals surface area contributed by atoms with E-state index in [0.717, 1.165) is 22.3 Å². The SMILES string of the molecule is CC(=O)c1ccc([C@@H]2CC(=O)C=C3CC[C@@H]4C(=C32)CC[C@@]2(C)[C@H]4CC[C@@]2(O)C(F)(F)C(F)(F)F)cc1. The van der Waals surface area contributed by atoms with E-state index in [1.165, 1.54) is 13.8 Å². The first-order valence-electron chi connectivity index (χ1n) is 12.5. The van der Waals surface area contributed by atoms with E-state index in [-0.39, 0.29) is 42.7 Å². The lowest BCUT2D eigenvalue weighted by Crippen LogP contribution is -2.64. The Labute approximate surface area is 206 Å². The van der Waals surface area contributed by atoms with Gasteiger partial charge in [0.1, 0.15) is 5.60 Å². The highest BCUT2D eigenvalue weighted by Gasteiger charge is 2.78. The molecule has 194 valence electrons. The van der Waals surface area contributed by atoms with Crippen molar-refractivity contribution in [1.82, 2.24) is 0 Å². The van der Waals surface area contributed by atoms with Crippen molar-refractivity contribution in [3.8, 4) is 0 Å². The third kappa shape index (κ3) is 3.39. The third-order valence-corrected chi connectivity index (χ3v) is 9.53. The van der Waals surface area contributed by atoms with Crippen molar-refractivity contribution < 1.29 is 36.6 Å². The van der Waals surface area contributed by atoms with Gasteiger partial charge in [0.25, 0.3) is 0 Å². The Morgan fingerprint density at radius 1 is 1.03 bits per heavy atom. The zero-order valence-electron chi connectivity index (χ0n) is 20.2. The number of Topliss-reactive ketones (excluding diaryl/α,β-unsaturated/α-hetero) is 1. The van der Waals surface area contributed by atoms with Crippen molar-refractivity contribution in [3.63, 3.8) is 0 Å². The largest absolute Gasteiger partial charge is 0.456 e. The second-order valence-electron chi connectivity index (χ2n) is 11.1. The number of allylic oxidation sites excluding steroid dienone is 4. The highest BCUT2D eigenvalue weighted by molar-refractivity contribution is 5.95. The number of benzene rings is 1. The number of aliphatic hydroxyl groups is 1. The van der Waals surface area contributed by atoms with Crippen molar-refractivity contribution in [1.29, 1.82) is 0 Å². The molecule has 1 N–H and O–H groups in total. The highest BCUT2D eigenvalue weighted by atomic mass is 19.4. The fraction of sp³-hybridized carbons (Fsp3) is 0.571. The Bertz CT molecular complexity index is 1180. The van der Waals surface area contributed by atoms with Crippen molar-refractivity contribution in [2.45, 2.75) is 82.4 Å². The summed E-state index contributed by atoms with van der Waals surface area (Å²) in [5.41, 5.74) is -0.355. The Morgan fingerprint density at radius 2 is 1.69 bits per heavy atom. The molecule has 5 atom stereocenters. The summed E-state index contributed by atoms with van der Waals surface area (Å²) in [5.74, 6) is -6.26. The maximum atomic E-state index is 14.7. The van der Waals surface area contributed by atoms with Crippen LogP contribution in [0.15, 0.2) is 47.1 Å². The zero-order valence-corrected chi connectivity index (χ0v) is 20.2. The average Bonchev–Trinajstić information content (AvgIpc) is 3.09. The van der Waals surface area contributed by atoms with E-state index in [1.807, 2.05) is 12.1 Å². The molecule has 0 saturated heterocycles. The molecule has 2 fully saturated rings. The highest BCUT2D eigenvalue weighted by Crippen LogP contribution is 2.68. The fourth-order valence-corrected chi connectivity index (χ4v) is 7.64. The van der Waals surface area contributed by atoms with Crippen molar-refractivity contribution >= 4 is 11.6 Å². The average molecular weight is 509 g/mol. The van der Waals surface area contributed by atoms with Gasteiger partial charge in [-0.1, -0.05) is 36.8 Å². The van der Waals surface area contributed by atoms with E-state index in [4.69, 9.17) is 0 Å². The summed E-state index contributed by atoms with van der Waals surface area (Å²) in [6, 6.07) is 7.11. The minimum atomic E-state index is -5.83. The number of alkyl halides is 5. The number of carbonyl (C=O) groups is 2. The van der Waals surface area contributed by atoms with E-state index in [0.29, 0.717) is 24.8 Å². The molecule has 36 heavy (non-hydrogen) atoms. The minimum absolute atomic E-state index is 0.00541. The van der Waals surface area contributed by atoms with Crippen LogP contribution in [-0.4, -0.2) is 34.4 Å². The van der Waals surface area contributed by atoms with Crippen molar-refractivity contribution in [2.24, 2.45) is 17.3 Å². The number of halogens is 5. The lowest BCUT2D eigenvalue weighted by Gasteiger charge is -2.53. The monoisotopic (exact) mass is 508 g/mol. The first-order chi connectivity index (χ1) is 16.7. The maximum Gasteiger partial charge on any atom is 0.456 e.